The number of rotatable bonds is 3. The number of pyridine rings is 1. The van der Waals surface area contributed by atoms with Crippen molar-refractivity contribution >= 4 is 17.2 Å². The van der Waals surface area contributed by atoms with E-state index < -0.39 is 5.91 Å². The predicted molar refractivity (Wildman–Crippen MR) is 68.3 cm³/mol. The second kappa shape index (κ2) is 5.11. The fraction of sp³-hybridized carbons (Fsp3) is 0.182. The molecule has 2 rings (SSSR count). The van der Waals surface area contributed by atoms with Gasteiger partial charge in [0.05, 0.1) is 12.2 Å². The van der Waals surface area contributed by atoms with Crippen molar-refractivity contribution in [1.29, 1.82) is 0 Å². The first-order valence-electron chi connectivity index (χ1n) is 5.23. The summed E-state index contributed by atoms with van der Waals surface area (Å²) in [6.07, 6.45) is 1.69. The molecule has 3 N–H and O–H groups in total. The number of carbonyl (C=O) groups excluding carboxylic acids is 1. The molecule has 0 saturated heterocycles. The van der Waals surface area contributed by atoms with Crippen molar-refractivity contribution in [2.24, 2.45) is 5.84 Å². The SMILES string of the molecule is Cc1cccn(Cc2csc(C(=O)NN)n2)c1=O. The number of hydrogen-bond donors (Lipinski definition) is 2. The molecule has 0 aliphatic rings. The van der Waals surface area contributed by atoms with Gasteiger partial charge < -0.3 is 4.57 Å². The molecule has 0 fully saturated rings. The van der Waals surface area contributed by atoms with Crippen LogP contribution in [0.4, 0.5) is 0 Å². The maximum absolute atomic E-state index is 11.8. The van der Waals surface area contributed by atoms with E-state index in [2.05, 4.69) is 4.98 Å². The molecule has 2 aromatic heterocycles. The summed E-state index contributed by atoms with van der Waals surface area (Å²) in [5.74, 6) is 4.59. The first-order valence-corrected chi connectivity index (χ1v) is 6.11. The van der Waals surface area contributed by atoms with Crippen LogP contribution >= 0.6 is 11.3 Å². The molecule has 0 aliphatic heterocycles. The van der Waals surface area contributed by atoms with Gasteiger partial charge in [-0.15, -0.1) is 11.3 Å². The van der Waals surface area contributed by atoms with Crippen molar-refractivity contribution in [3.63, 3.8) is 0 Å². The number of nitrogens with zero attached hydrogens (tertiary/aromatic N) is 2. The van der Waals surface area contributed by atoms with Gasteiger partial charge in [-0.25, -0.2) is 10.8 Å². The maximum Gasteiger partial charge on any atom is 0.294 e. The Bertz CT molecular complexity index is 632. The summed E-state index contributed by atoms with van der Waals surface area (Å²) in [7, 11) is 0. The Morgan fingerprint density at radius 1 is 1.61 bits per heavy atom. The second-order valence-electron chi connectivity index (χ2n) is 3.74. The summed E-state index contributed by atoms with van der Waals surface area (Å²) >= 11 is 1.19. The standard InChI is InChI=1S/C11H12N4O2S/c1-7-3-2-4-15(11(7)17)5-8-6-18-10(13-8)9(16)14-12/h2-4,6H,5,12H2,1H3,(H,14,16). The topological polar surface area (TPSA) is 90.0 Å². The van der Waals surface area contributed by atoms with Crippen molar-refractivity contribution in [1.82, 2.24) is 15.0 Å². The maximum atomic E-state index is 11.8. The minimum atomic E-state index is -0.428. The molecule has 7 heteroatoms. The zero-order chi connectivity index (χ0) is 13.1. The van der Waals surface area contributed by atoms with E-state index in [0.29, 0.717) is 17.8 Å². The van der Waals surface area contributed by atoms with Crippen LogP contribution in [-0.2, 0) is 6.54 Å². The summed E-state index contributed by atoms with van der Waals surface area (Å²) < 4.78 is 1.55. The fourth-order valence-electron chi connectivity index (χ4n) is 1.50. The molecule has 0 spiro atoms. The van der Waals surface area contributed by atoms with Gasteiger partial charge in [0.2, 0.25) is 0 Å². The fourth-order valence-corrected chi connectivity index (χ4v) is 2.21. The number of nitrogens with two attached hydrogens (primary N) is 1. The first-order chi connectivity index (χ1) is 8.61. The highest BCUT2D eigenvalue weighted by molar-refractivity contribution is 7.11. The van der Waals surface area contributed by atoms with Crippen LogP contribution in [0.2, 0.25) is 0 Å². The number of hydrazine groups is 1. The van der Waals surface area contributed by atoms with Crippen LogP contribution < -0.4 is 16.8 Å². The number of nitrogens with one attached hydrogen (secondary N) is 1. The lowest BCUT2D eigenvalue weighted by atomic mass is 10.3. The van der Waals surface area contributed by atoms with Crippen molar-refractivity contribution < 1.29 is 4.79 Å². The molecule has 2 aromatic rings. The molecule has 18 heavy (non-hydrogen) atoms. The highest BCUT2D eigenvalue weighted by atomic mass is 32.1. The average molecular weight is 264 g/mol. The van der Waals surface area contributed by atoms with E-state index in [1.54, 1.807) is 35.2 Å². The molecule has 0 atom stereocenters. The largest absolute Gasteiger partial charge is 0.309 e. The molecule has 0 saturated carbocycles. The van der Waals surface area contributed by atoms with E-state index in [-0.39, 0.29) is 10.6 Å². The third-order valence-corrected chi connectivity index (χ3v) is 3.31. The minimum Gasteiger partial charge on any atom is -0.309 e. The van der Waals surface area contributed by atoms with Crippen molar-refractivity contribution in [3.05, 3.63) is 50.3 Å². The van der Waals surface area contributed by atoms with E-state index in [0.717, 1.165) is 0 Å². The Morgan fingerprint density at radius 2 is 2.39 bits per heavy atom. The van der Waals surface area contributed by atoms with Crippen LogP contribution in [0, 0.1) is 6.92 Å². The smallest absolute Gasteiger partial charge is 0.294 e. The average Bonchev–Trinajstić information content (AvgIpc) is 2.82. The molecule has 0 unspecified atom stereocenters. The minimum absolute atomic E-state index is 0.0599. The molecule has 0 radical (unpaired) electrons. The zero-order valence-electron chi connectivity index (χ0n) is 9.71. The monoisotopic (exact) mass is 264 g/mol. The van der Waals surface area contributed by atoms with Crippen LogP contribution in [0.3, 0.4) is 0 Å². The molecular weight excluding hydrogens is 252 g/mol. The Hall–Kier alpha value is -1.99. The number of carbonyl (C=O) groups is 1. The third-order valence-electron chi connectivity index (χ3n) is 2.42. The van der Waals surface area contributed by atoms with Gasteiger partial charge in [0.1, 0.15) is 0 Å². The van der Waals surface area contributed by atoms with Gasteiger partial charge in [-0.1, -0.05) is 6.07 Å². The molecule has 0 aliphatic carbocycles. The molecule has 2 heterocycles. The highest BCUT2D eigenvalue weighted by Crippen LogP contribution is 2.10. The van der Waals surface area contributed by atoms with Crippen LogP contribution in [0.15, 0.2) is 28.5 Å². The molecular formula is C11H12N4O2S. The Morgan fingerprint density at radius 3 is 3.11 bits per heavy atom. The predicted octanol–water partition coefficient (Wildman–Crippen LogP) is 0.265. The molecule has 6 nitrogen and oxygen atoms in total. The van der Waals surface area contributed by atoms with E-state index in [1.807, 2.05) is 5.43 Å². The van der Waals surface area contributed by atoms with E-state index in [4.69, 9.17) is 5.84 Å². The van der Waals surface area contributed by atoms with Gasteiger partial charge in [-0.2, -0.15) is 0 Å². The number of thiazole rings is 1. The summed E-state index contributed by atoms with van der Waals surface area (Å²) in [5.41, 5.74) is 3.29. The summed E-state index contributed by atoms with van der Waals surface area (Å²) in [6.45, 7) is 2.10. The van der Waals surface area contributed by atoms with E-state index >= 15 is 0 Å². The summed E-state index contributed by atoms with van der Waals surface area (Å²) in [4.78, 5) is 27.2. The van der Waals surface area contributed by atoms with Crippen LogP contribution in [0.25, 0.3) is 0 Å². The lowest BCUT2D eigenvalue weighted by Gasteiger charge is -2.03. The van der Waals surface area contributed by atoms with Gasteiger partial charge >= 0.3 is 0 Å². The Labute approximate surface area is 107 Å². The van der Waals surface area contributed by atoms with Crippen molar-refractivity contribution in [2.75, 3.05) is 0 Å². The number of nitrogen functional groups attached to an aromatic ring is 1. The Balaban J connectivity index is 2.24. The Kier molecular flexibility index (Phi) is 3.54. The van der Waals surface area contributed by atoms with Gasteiger partial charge in [-0.05, 0) is 13.0 Å². The van der Waals surface area contributed by atoms with Gasteiger partial charge in [0.25, 0.3) is 11.5 Å². The van der Waals surface area contributed by atoms with Gasteiger partial charge in [0, 0.05) is 17.1 Å². The summed E-state index contributed by atoms with van der Waals surface area (Å²) in [6, 6.07) is 3.56. The first kappa shape index (κ1) is 12.5. The molecule has 94 valence electrons. The zero-order valence-corrected chi connectivity index (χ0v) is 10.5. The highest BCUT2D eigenvalue weighted by Gasteiger charge is 2.10. The second-order valence-corrected chi connectivity index (χ2v) is 4.60. The van der Waals surface area contributed by atoms with Crippen LogP contribution in [0.5, 0.6) is 0 Å². The van der Waals surface area contributed by atoms with E-state index in [9.17, 15) is 9.59 Å². The number of hydrogen-bond acceptors (Lipinski definition) is 5. The number of aromatic nitrogens is 2. The van der Waals surface area contributed by atoms with Gasteiger partial charge in [-0.3, -0.25) is 15.0 Å². The summed E-state index contributed by atoms with van der Waals surface area (Å²) in [5, 5.41) is 2.02. The van der Waals surface area contributed by atoms with Crippen LogP contribution in [0.1, 0.15) is 21.1 Å². The van der Waals surface area contributed by atoms with Crippen molar-refractivity contribution in [3.8, 4) is 0 Å². The number of amides is 1. The van der Waals surface area contributed by atoms with Crippen LogP contribution in [-0.4, -0.2) is 15.5 Å². The molecule has 0 bridgehead atoms. The quantitative estimate of drug-likeness (QED) is 0.473. The molecule has 1 amide bonds. The third kappa shape index (κ3) is 2.47. The normalized spacial score (nSPS) is 10.3. The van der Waals surface area contributed by atoms with Crippen molar-refractivity contribution in [2.45, 2.75) is 13.5 Å². The lowest BCUT2D eigenvalue weighted by Crippen LogP contribution is -2.30. The number of aryl methyl sites for hydroxylation is 1. The van der Waals surface area contributed by atoms with E-state index in [1.165, 1.54) is 11.3 Å². The van der Waals surface area contributed by atoms with Gasteiger partial charge in [0.15, 0.2) is 5.01 Å². The molecule has 0 aromatic carbocycles. The lowest BCUT2D eigenvalue weighted by molar-refractivity contribution is 0.0953.